The SMILES string of the molecule is Cc1nnc(-c2c(CCC3CCOCC3)nc(CC(C)C)c(C(N)=O)c2-c2cc3ccnc(N[C@@H]4CCc5ncccc54)c3s2)o1. The van der Waals surface area contributed by atoms with Crippen LogP contribution in [0, 0.1) is 18.8 Å². The smallest absolute Gasteiger partial charge is 0.251 e. The molecule has 7 rings (SSSR count). The lowest BCUT2D eigenvalue weighted by Gasteiger charge is -2.23. The van der Waals surface area contributed by atoms with E-state index in [1.807, 2.05) is 24.5 Å². The zero-order valence-electron chi connectivity index (χ0n) is 26.5. The van der Waals surface area contributed by atoms with E-state index in [1.165, 1.54) is 5.56 Å². The van der Waals surface area contributed by atoms with Crippen LogP contribution in [-0.4, -0.2) is 44.3 Å². The van der Waals surface area contributed by atoms with Crippen molar-refractivity contribution in [1.29, 1.82) is 0 Å². The molecule has 1 aliphatic carbocycles. The number of carbonyl (C=O) groups is 1. The van der Waals surface area contributed by atoms with Crippen LogP contribution in [-0.2, 0) is 24.0 Å². The van der Waals surface area contributed by atoms with Crippen LogP contribution in [0.4, 0.5) is 5.82 Å². The number of carbonyl (C=O) groups excluding carboxylic acids is 1. The van der Waals surface area contributed by atoms with Crippen molar-refractivity contribution in [3.8, 4) is 21.9 Å². The Morgan fingerprint density at radius 2 is 1.93 bits per heavy atom. The number of hydrogen-bond acceptors (Lipinski definition) is 10. The third-order valence-electron chi connectivity index (χ3n) is 9.03. The van der Waals surface area contributed by atoms with E-state index in [2.05, 4.69) is 46.5 Å². The van der Waals surface area contributed by atoms with Gasteiger partial charge in [0, 0.05) is 48.7 Å². The van der Waals surface area contributed by atoms with E-state index in [4.69, 9.17) is 24.9 Å². The molecule has 1 atom stereocenters. The second-order valence-electron chi connectivity index (χ2n) is 12.8. The highest BCUT2D eigenvalue weighted by Crippen LogP contribution is 2.45. The number of nitrogens with zero attached hydrogens (tertiary/aromatic N) is 5. The van der Waals surface area contributed by atoms with Gasteiger partial charge in [-0.15, -0.1) is 21.5 Å². The Kier molecular flexibility index (Phi) is 8.52. The molecule has 238 valence electrons. The second kappa shape index (κ2) is 12.9. The van der Waals surface area contributed by atoms with Gasteiger partial charge in [0.1, 0.15) is 5.82 Å². The summed E-state index contributed by atoms with van der Waals surface area (Å²) >= 11 is 1.59. The maximum absolute atomic E-state index is 13.4. The molecule has 0 unspecified atom stereocenters. The van der Waals surface area contributed by atoms with Crippen LogP contribution in [0.5, 0.6) is 0 Å². The van der Waals surface area contributed by atoms with Gasteiger partial charge in [0.05, 0.1) is 33.3 Å². The molecule has 5 aromatic heterocycles. The fourth-order valence-corrected chi connectivity index (χ4v) is 8.00. The molecule has 0 bridgehead atoms. The van der Waals surface area contributed by atoms with Crippen LogP contribution in [0.1, 0.15) is 84.5 Å². The van der Waals surface area contributed by atoms with E-state index < -0.39 is 5.91 Å². The topological polar surface area (TPSA) is 142 Å². The average Bonchev–Trinajstić information content (AvgIpc) is 3.78. The molecule has 3 N–H and O–H groups in total. The van der Waals surface area contributed by atoms with Crippen LogP contribution in [0.15, 0.2) is 41.1 Å². The van der Waals surface area contributed by atoms with Gasteiger partial charge in [0.15, 0.2) is 0 Å². The Balaban J connectivity index is 1.39. The Morgan fingerprint density at radius 3 is 2.70 bits per heavy atom. The van der Waals surface area contributed by atoms with E-state index in [1.54, 1.807) is 18.3 Å². The van der Waals surface area contributed by atoms with Gasteiger partial charge in [-0.3, -0.25) is 14.8 Å². The Labute approximate surface area is 272 Å². The number of amides is 1. The molecule has 11 heteroatoms. The number of anilines is 1. The molecule has 10 nitrogen and oxygen atoms in total. The number of nitrogens with one attached hydrogen (secondary N) is 1. The number of fused-ring (bicyclic) bond motifs is 2. The molecule has 0 saturated carbocycles. The summed E-state index contributed by atoms with van der Waals surface area (Å²) in [6.07, 6.45) is 9.91. The lowest BCUT2D eigenvalue weighted by Crippen LogP contribution is -2.20. The number of thiophene rings is 1. The quantitative estimate of drug-likeness (QED) is 0.168. The summed E-state index contributed by atoms with van der Waals surface area (Å²) in [6, 6.07) is 8.38. The summed E-state index contributed by atoms with van der Waals surface area (Å²) in [4.78, 5) is 28.8. The van der Waals surface area contributed by atoms with Gasteiger partial charge < -0.3 is 20.2 Å². The number of ether oxygens (including phenoxy) is 1. The molecule has 1 aliphatic heterocycles. The fraction of sp³-hybridized carbons (Fsp3) is 0.429. The van der Waals surface area contributed by atoms with Gasteiger partial charge in [0.2, 0.25) is 11.8 Å². The Bertz CT molecular complexity index is 1890. The van der Waals surface area contributed by atoms with Crippen LogP contribution >= 0.6 is 11.3 Å². The van der Waals surface area contributed by atoms with Crippen LogP contribution in [0.3, 0.4) is 0 Å². The monoisotopic (exact) mass is 637 g/mol. The number of aryl methyl sites for hydroxylation is 3. The maximum Gasteiger partial charge on any atom is 0.251 e. The molecule has 1 fully saturated rings. The molecule has 1 amide bonds. The number of nitrogens with two attached hydrogens (primary N) is 1. The Hall–Kier alpha value is -4.22. The average molecular weight is 638 g/mol. The number of rotatable bonds is 10. The lowest BCUT2D eigenvalue weighted by molar-refractivity contribution is 0.0639. The minimum atomic E-state index is -0.518. The van der Waals surface area contributed by atoms with Crippen LogP contribution < -0.4 is 11.1 Å². The maximum atomic E-state index is 13.4. The van der Waals surface area contributed by atoms with Gasteiger partial charge in [-0.1, -0.05) is 19.9 Å². The van der Waals surface area contributed by atoms with Crippen molar-refractivity contribution in [3.05, 3.63) is 70.8 Å². The zero-order chi connectivity index (χ0) is 31.8. The summed E-state index contributed by atoms with van der Waals surface area (Å²) in [7, 11) is 0. The predicted molar refractivity (Wildman–Crippen MR) is 179 cm³/mol. The molecule has 0 radical (unpaired) electrons. The Morgan fingerprint density at radius 1 is 1.09 bits per heavy atom. The van der Waals surface area contributed by atoms with Gasteiger partial charge in [-0.05, 0) is 85.9 Å². The van der Waals surface area contributed by atoms with E-state index in [0.29, 0.717) is 52.9 Å². The molecular weight excluding hydrogens is 598 g/mol. The minimum Gasteiger partial charge on any atom is -0.421 e. The summed E-state index contributed by atoms with van der Waals surface area (Å²) in [5.41, 5.74) is 12.0. The van der Waals surface area contributed by atoms with E-state index >= 15 is 0 Å². The number of pyridine rings is 3. The van der Waals surface area contributed by atoms with Crippen LogP contribution in [0.2, 0.25) is 0 Å². The zero-order valence-corrected chi connectivity index (χ0v) is 27.3. The summed E-state index contributed by atoms with van der Waals surface area (Å²) in [5.74, 6) is 1.90. The van der Waals surface area contributed by atoms with E-state index in [-0.39, 0.29) is 12.0 Å². The van der Waals surface area contributed by atoms with E-state index in [9.17, 15) is 4.79 Å². The van der Waals surface area contributed by atoms with Crippen molar-refractivity contribution < 1.29 is 13.9 Å². The third-order valence-corrected chi connectivity index (χ3v) is 10.2. The normalized spacial score (nSPS) is 16.7. The van der Waals surface area contributed by atoms with Gasteiger partial charge in [0.25, 0.3) is 5.91 Å². The first-order chi connectivity index (χ1) is 22.4. The molecule has 0 aromatic carbocycles. The largest absolute Gasteiger partial charge is 0.421 e. The van der Waals surface area contributed by atoms with Crippen molar-refractivity contribution in [3.63, 3.8) is 0 Å². The van der Waals surface area contributed by atoms with Crippen LogP contribution in [0.25, 0.3) is 32.0 Å². The highest BCUT2D eigenvalue weighted by molar-refractivity contribution is 7.23. The van der Waals surface area contributed by atoms with Crippen molar-refractivity contribution >= 4 is 33.1 Å². The second-order valence-corrected chi connectivity index (χ2v) is 13.8. The van der Waals surface area contributed by atoms with Crippen molar-refractivity contribution in [1.82, 2.24) is 25.1 Å². The first kappa shape index (κ1) is 30.4. The minimum absolute atomic E-state index is 0.126. The molecule has 1 saturated heterocycles. The molecular formula is C35H39N7O3S. The summed E-state index contributed by atoms with van der Waals surface area (Å²) < 4.78 is 12.7. The number of primary amides is 1. The third kappa shape index (κ3) is 6.01. The van der Waals surface area contributed by atoms with Gasteiger partial charge in [-0.2, -0.15) is 0 Å². The predicted octanol–water partition coefficient (Wildman–Crippen LogP) is 6.87. The van der Waals surface area contributed by atoms with Gasteiger partial charge in [-0.25, -0.2) is 4.98 Å². The van der Waals surface area contributed by atoms with E-state index in [0.717, 1.165) is 77.5 Å². The molecule has 6 heterocycles. The molecule has 2 aliphatic rings. The highest BCUT2D eigenvalue weighted by atomic mass is 32.1. The van der Waals surface area contributed by atoms with Crippen molar-refractivity contribution in [2.75, 3.05) is 18.5 Å². The summed E-state index contributed by atoms with van der Waals surface area (Å²) in [5, 5.41) is 13.3. The first-order valence-electron chi connectivity index (χ1n) is 16.2. The van der Waals surface area contributed by atoms with Crippen molar-refractivity contribution in [2.24, 2.45) is 17.6 Å². The summed E-state index contributed by atoms with van der Waals surface area (Å²) in [6.45, 7) is 7.60. The number of hydrogen-bond donors (Lipinski definition) is 2. The molecule has 46 heavy (non-hydrogen) atoms. The van der Waals surface area contributed by atoms with Gasteiger partial charge >= 0.3 is 0 Å². The molecule has 5 aromatic rings. The molecule has 0 spiro atoms. The lowest BCUT2D eigenvalue weighted by atomic mass is 9.89. The fourth-order valence-electron chi connectivity index (χ4n) is 6.84. The van der Waals surface area contributed by atoms with Crippen molar-refractivity contribution in [2.45, 2.75) is 71.8 Å². The number of aromatic nitrogens is 5. The standard InChI is InChI=1S/C35H39N7O3S/c1-19(2)17-27-29(33(36)43)31(30(35-42-41-20(3)45-35)26(39-27)7-6-21-11-15-44-16-12-21)28-18-22-10-14-38-34(32(22)46-28)40-25-9-8-24-23(25)5-4-13-37-24/h4-5,10,13-14,18-19,21,25H,6-9,11-12,15-17H2,1-3H3,(H2,36,43)(H,38,40)/t25-/m1/s1. The highest BCUT2D eigenvalue weighted by Gasteiger charge is 2.30. The first-order valence-corrected chi connectivity index (χ1v) is 17.0.